The van der Waals surface area contributed by atoms with Crippen molar-refractivity contribution in [1.82, 2.24) is 14.5 Å². The fourth-order valence-electron chi connectivity index (χ4n) is 3.11. The molecule has 0 radical (unpaired) electrons. The minimum Gasteiger partial charge on any atom is -0.382 e. The van der Waals surface area contributed by atoms with Gasteiger partial charge in [-0.3, -0.25) is 4.57 Å². The van der Waals surface area contributed by atoms with Gasteiger partial charge in [0, 0.05) is 11.9 Å². The zero-order valence-corrected chi connectivity index (χ0v) is 14.7. The van der Waals surface area contributed by atoms with E-state index in [9.17, 15) is 4.57 Å². The molecule has 7 nitrogen and oxygen atoms in total. The van der Waals surface area contributed by atoms with Gasteiger partial charge in [0.25, 0.3) is 0 Å². The number of pyridine rings is 1. The Hall–Kier alpha value is -2.73. The molecule has 0 spiro atoms. The molecule has 0 bridgehead atoms. The number of rotatable bonds is 4. The molecule has 0 atom stereocenters. The number of anilines is 1. The van der Waals surface area contributed by atoms with E-state index in [4.69, 9.17) is 15.5 Å². The molecule has 0 fully saturated rings. The average molecular weight is 368 g/mol. The third kappa shape index (κ3) is 3.20. The SMILES string of the molecule is Nc1nc2ccccc2c2c1ncn2Cc1ccc(CP(=O)(O)O)cc1. The number of hydrogen-bond acceptors (Lipinski definition) is 4. The van der Waals surface area contributed by atoms with Crippen LogP contribution in [0.5, 0.6) is 0 Å². The average Bonchev–Trinajstić information content (AvgIpc) is 3.00. The van der Waals surface area contributed by atoms with E-state index >= 15 is 0 Å². The van der Waals surface area contributed by atoms with Gasteiger partial charge < -0.3 is 20.1 Å². The third-order valence-corrected chi connectivity index (χ3v) is 5.02. The van der Waals surface area contributed by atoms with Crippen molar-refractivity contribution in [3.63, 3.8) is 0 Å². The number of nitrogen functional groups attached to an aromatic ring is 1. The molecule has 2 heterocycles. The van der Waals surface area contributed by atoms with Gasteiger partial charge in [0.1, 0.15) is 5.52 Å². The number of benzene rings is 2. The van der Waals surface area contributed by atoms with Crippen molar-refractivity contribution in [2.75, 3.05) is 5.73 Å². The minimum atomic E-state index is -4.06. The molecule has 4 rings (SSSR count). The Morgan fingerprint density at radius 2 is 1.73 bits per heavy atom. The lowest BCUT2D eigenvalue weighted by atomic mass is 10.1. The lowest BCUT2D eigenvalue weighted by Gasteiger charge is -2.09. The van der Waals surface area contributed by atoms with Crippen molar-refractivity contribution in [3.8, 4) is 0 Å². The van der Waals surface area contributed by atoms with E-state index in [1.165, 1.54) is 0 Å². The maximum Gasteiger partial charge on any atom is 0.329 e. The Morgan fingerprint density at radius 3 is 2.46 bits per heavy atom. The van der Waals surface area contributed by atoms with Gasteiger partial charge in [-0.1, -0.05) is 42.5 Å². The summed E-state index contributed by atoms with van der Waals surface area (Å²) in [7, 11) is -4.06. The first kappa shape index (κ1) is 16.7. The Kier molecular flexibility index (Phi) is 4.00. The van der Waals surface area contributed by atoms with Gasteiger partial charge in [-0.25, -0.2) is 9.97 Å². The van der Waals surface area contributed by atoms with Crippen molar-refractivity contribution in [1.29, 1.82) is 0 Å². The van der Waals surface area contributed by atoms with E-state index in [0.29, 0.717) is 23.4 Å². The third-order valence-electron chi connectivity index (χ3n) is 4.24. The van der Waals surface area contributed by atoms with Crippen LogP contribution in [0, 0.1) is 0 Å². The number of hydrogen-bond donors (Lipinski definition) is 3. The topological polar surface area (TPSA) is 114 Å². The van der Waals surface area contributed by atoms with E-state index in [0.717, 1.165) is 22.0 Å². The zero-order chi connectivity index (χ0) is 18.3. The predicted molar refractivity (Wildman–Crippen MR) is 101 cm³/mol. The van der Waals surface area contributed by atoms with Gasteiger partial charge in [-0.15, -0.1) is 0 Å². The second kappa shape index (κ2) is 6.21. The molecule has 0 saturated heterocycles. The van der Waals surface area contributed by atoms with E-state index in [1.54, 1.807) is 18.5 Å². The molecule has 0 aliphatic carbocycles. The molecule has 26 heavy (non-hydrogen) atoms. The van der Waals surface area contributed by atoms with Crippen LogP contribution in [-0.4, -0.2) is 24.3 Å². The number of para-hydroxylation sites is 1. The molecule has 4 aromatic rings. The summed E-state index contributed by atoms with van der Waals surface area (Å²) < 4.78 is 13.1. The first-order chi connectivity index (χ1) is 12.4. The highest BCUT2D eigenvalue weighted by atomic mass is 31.2. The Morgan fingerprint density at radius 1 is 1.04 bits per heavy atom. The number of imidazole rings is 1. The van der Waals surface area contributed by atoms with Crippen LogP contribution in [0.1, 0.15) is 11.1 Å². The van der Waals surface area contributed by atoms with Crippen molar-refractivity contribution < 1.29 is 14.4 Å². The van der Waals surface area contributed by atoms with Gasteiger partial charge in [0.2, 0.25) is 0 Å². The second-order valence-corrected chi connectivity index (χ2v) is 7.87. The van der Waals surface area contributed by atoms with Crippen LogP contribution in [0.2, 0.25) is 0 Å². The first-order valence-electron chi connectivity index (χ1n) is 8.02. The molecule has 2 aromatic heterocycles. The van der Waals surface area contributed by atoms with Crippen LogP contribution >= 0.6 is 7.60 Å². The largest absolute Gasteiger partial charge is 0.382 e. The second-order valence-electron chi connectivity index (χ2n) is 6.22. The maximum atomic E-state index is 11.1. The molecule has 2 aromatic carbocycles. The summed E-state index contributed by atoms with van der Waals surface area (Å²) >= 11 is 0. The maximum absolute atomic E-state index is 11.1. The summed E-state index contributed by atoms with van der Waals surface area (Å²) in [5.41, 5.74) is 10.1. The number of nitrogens with two attached hydrogens (primary N) is 1. The van der Waals surface area contributed by atoms with Gasteiger partial charge in [0.05, 0.1) is 23.5 Å². The Balaban J connectivity index is 1.73. The van der Waals surface area contributed by atoms with E-state index in [-0.39, 0.29) is 6.16 Å². The fourth-order valence-corrected chi connectivity index (χ4v) is 3.80. The molecule has 0 amide bonds. The van der Waals surface area contributed by atoms with E-state index < -0.39 is 7.60 Å². The van der Waals surface area contributed by atoms with Gasteiger partial charge in [-0.05, 0) is 17.2 Å². The minimum absolute atomic E-state index is 0.256. The van der Waals surface area contributed by atoms with Crippen LogP contribution < -0.4 is 5.73 Å². The smallest absolute Gasteiger partial charge is 0.329 e. The summed E-state index contributed by atoms with van der Waals surface area (Å²) in [4.78, 5) is 26.9. The van der Waals surface area contributed by atoms with Crippen molar-refractivity contribution >= 4 is 35.3 Å². The van der Waals surface area contributed by atoms with Crippen molar-refractivity contribution in [3.05, 3.63) is 66.0 Å². The highest BCUT2D eigenvalue weighted by Crippen LogP contribution is 2.39. The van der Waals surface area contributed by atoms with Crippen LogP contribution in [0.25, 0.3) is 21.9 Å². The number of nitrogens with zero attached hydrogens (tertiary/aromatic N) is 3. The van der Waals surface area contributed by atoms with Gasteiger partial charge in [-0.2, -0.15) is 0 Å². The van der Waals surface area contributed by atoms with Crippen molar-refractivity contribution in [2.24, 2.45) is 0 Å². The molecule has 0 unspecified atom stereocenters. The lowest BCUT2D eigenvalue weighted by molar-refractivity contribution is 0.371. The van der Waals surface area contributed by atoms with Crippen LogP contribution in [0.15, 0.2) is 54.9 Å². The molecule has 4 N–H and O–H groups in total. The predicted octanol–water partition coefficient (Wildman–Crippen LogP) is 2.89. The molecule has 0 aliphatic heterocycles. The van der Waals surface area contributed by atoms with Gasteiger partial charge >= 0.3 is 7.60 Å². The highest BCUT2D eigenvalue weighted by molar-refractivity contribution is 7.50. The summed E-state index contributed by atoms with van der Waals surface area (Å²) in [5, 5.41) is 0.979. The molecular weight excluding hydrogens is 351 g/mol. The molecule has 0 aliphatic rings. The van der Waals surface area contributed by atoms with Crippen LogP contribution in [-0.2, 0) is 17.3 Å². The standard InChI is InChI=1S/C18H17N4O3P/c19-18-16-17(14-3-1-2-4-15(14)21-18)22(11-20-16)9-12-5-7-13(8-6-12)10-26(23,24)25/h1-8,11H,9-10H2,(H2,19,21)(H2,23,24,25). The quantitative estimate of drug-likeness (QED) is 0.477. The van der Waals surface area contributed by atoms with E-state index in [1.807, 2.05) is 41.0 Å². The summed E-state index contributed by atoms with van der Waals surface area (Å²) in [6.07, 6.45) is 1.48. The Labute approximate surface area is 149 Å². The van der Waals surface area contributed by atoms with E-state index in [2.05, 4.69) is 9.97 Å². The fraction of sp³-hybridized carbons (Fsp3) is 0.111. The monoisotopic (exact) mass is 368 g/mol. The molecule has 0 saturated carbocycles. The number of fused-ring (bicyclic) bond motifs is 3. The van der Waals surface area contributed by atoms with Gasteiger partial charge in [0.15, 0.2) is 5.82 Å². The first-order valence-corrected chi connectivity index (χ1v) is 9.82. The molecular formula is C18H17N4O3P. The Bertz CT molecular complexity index is 1150. The van der Waals surface area contributed by atoms with Crippen molar-refractivity contribution in [2.45, 2.75) is 12.7 Å². The lowest BCUT2D eigenvalue weighted by Crippen LogP contribution is -2.00. The summed E-state index contributed by atoms with van der Waals surface area (Å²) in [6.45, 7) is 0.570. The normalized spacial score (nSPS) is 12.1. The number of aromatic nitrogens is 3. The molecule has 8 heteroatoms. The van der Waals surface area contributed by atoms with Crippen LogP contribution in [0.3, 0.4) is 0 Å². The molecule has 132 valence electrons. The van der Waals surface area contributed by atoms with Crippen LogP contribution in [0.4, 0.5) is 5.82 Å². The summed E-state index contributed by atoms with van der Waals surface area (Å²) in [6, 6.07) is 15.0. The zero-order valence-electron chi connectivity index (χ0n) is 13.8. The highest BCUT2D eigenvalue weighted by Gasteiger charge is 2.14. The summed E-state index contributed by atoms with van der Waals surface area (Å²) in [5.74, 6) is 0.398.